The van der Waals surface area contributed by atoms with E-state index in [4.69, 9.17) is 5.11 Å². The number of carboxylic acid groups (broad SMARTS) is 1. The molecule has 2 rings (SSSR count). The average Bonchev–Trinajstić information content (AvgIpc) is 2.75. The predicted octanol–water partition coefficient (Wildman–Crippen LogP) is 1.19. The van der Waals surface area contributed by atoms with Crippen LogP contribution in [0.3, 0.4) is 0 Å². The fraction of sp³-hybridized carbons (Fsp3) is 0.333. The van der Waals surface area contributed by atoms with Crippen LogP contribution >= 0.6 is 0 Å². The van der Waals surface area contributed by atoms with E-state index in [1.54, 1.807) is 17.4 Å². The molecule has 3 amide bonds. The standard InChI is InChI=1S/C15H13F3N2O5/c16-15(17,18)7-10(14(24)25)19-11(21)5-6-20-12(22)8-3-1-2-4-9(8)13(20)23/h1-4,10H,5-7H2,(H,19,21)(H,24,25). The third-order valence-electron chi connectivity index (χ3n) is 3.51. The Balaban J connectivity index is 1.95. The van der Waals surface area contributed by atoms with Crippen LogP contribution in [0.4, 0.5) is 13.2 Å². The van der Waals surface area contributed by atoms with Crippen LogP contribution in [0.25, 0.3) is 0 Å². The number of rotatable bonds is 6. The third-order valence-corrected chi connectivity index (χ3v) is 3.51. The number of aliphatic carboxylic acids is 1. The highest BCUT2D eigenvalue weighted by atomic mass is 19.4. The number of halogens is 3. The van der Waals surface area contributed by atoms with E-state index in [0.29, 0.717) is 0 Å². The Morgan fingerprint density at radius 2 is 1.64 bits per heavy atom. The van der Waals surface area contributed by atoms with Crippen LogP contribution in [0, 0.1) is 0 Å². The zero-order chi connectivity index (χ0) is 18.8. The number of nitrogens with one attached hydrogen (secondary N) is 1. The maximum atomic E-state index is 12.3. The summed E-state index contributed by atoms with van der Waals surface area (Å²) in [6.07, 6.45) is -6.99. The number of carbonyl (C=O) groups is 4. The second-order valence-corrected chi connectivity index (χ2v) is 5.34. The van der Waals surface area contributed by atoms with E-state index >= 15 is 0 Å². The van der Waals surface area contributed by atoms with E-state index in [1.165, 1.54) is 12.1 Å². The van der Waals surface area contributed by atoms with Gasteiger partial charge in [0, 0.05) is 13.0 Å². The lowest BCUT2D eigenvalue weighted by Crippen LogP contribution is -2.44. The van der Waals surface area contributed by atoms with Crippen molar-refractivity contribution in [3.63, 3.8) is 0 Å². The number of imide groups is 1. The van der Waals surface area contributed by atoms with E-state index in [1.807, 2.05) is 0 Å². The number of hydrogen-bond donors (Lipinski definition) is 2. The molecule has 10 heteroatoms. The molecule has 1 unspecified atom stereocenters. The molecule has 0 radical (unpaired) electrons. The first-order valence-corrected chi connectivity index (χ1v) is 7.14. The van der Waals surface area contributed by atoms with E-state index in [-0.39, 0.29) is 17.7 Å². The van der Waals surface area contributed by atoms with Gasteiger partial charge >= 0.3 is 12.1 Å². The molecule has 0 aromatic heterocycles. The molecule has 7 nitrogen and oxygen atoms in total. The molecular formula is C15H13F3N2O5. The highest BCUT2D eigenvalue weighted by molar-refractivity contribution is 6.21. The largest absolute Gasteiger partial charge is 0.480 e. The zero-order valence-corrected chi connectivity index (χ0v) is 12.7. The lowest BCUT2D eigenvalue weighted by Gasteiger charge is -2.17. The van der Waals surface area contributed by atoms with Crippen LogP contribution in [0.5, 0.6) is 0 Å². The van der Waals surface area contributed by atoms with Gasteiger partial charge in [-0.15, -0.1) is 0 Å². The average molecular weight is 358 g/mol. The highest BCUT2D eigenvalue weighted by Gasteiger charge is 2.37. The fourth-order valence-corrected chi connectivity index (χ4v) is 2.35. The Bertz CT molecular complexity index is 697. The van der Waals surface area contributed by atoms with Crippen LogP contribution in [-0.4, -0.2) is 52.5 Å². The smallest absolute Gasteiger partial charge is 0.391 e. The Morgan fingerprint density at radius 1 is 1.12 bits per heavy atom. The molecule has 0 fully saturated rings. The number of benzene rings is 1. The second-order valence-electron chi connectivity index (χ2n) is 5.34. The summed E-state index contributed by atoms with van der Waals surface area (Å²) in [4.78, 5) is 47.4. The summed E-state index contributed by atoms with van der Waals surface area (Å²) in [6, 6.07) is 3.89. The molecule has 1 heterocycles. The van der Waals surface area contributed by atoms with Crippen molar-refractivity contribution in [1.29, 1.82) is 0 Å². The van der Waals surface area contributed by atoms with E-state index in [9.17, 15) is 32.3 Å². The molecule has 0 aliphatic carbocycles. The Kier molecular flexibility index (Phi) is 5.10. The van der Waals surface area contributed by atoms with Gasteiger partial charge in [0.15, 0.2) is 0 Å². The molecule has 0 saturated carbocycles. The van der Waals surface area contributed by atoms with Gasteiger partial charge in [-0.25, -0.2) is 4.79 Å². The molecule has 1 aliphatic heterocycles. The van der Waals surface area contributed by atoms with Gasteiger partial charge in [0.2, 0.25) is 5.91 Å². The summed E-state index contributed by atoms with van der Waals surface area (Å²) >= 11 is 0. The minimum atomic E-state index is -4.77. The summed E-state index contributed by atoms with van der Waals surface area (Å²) < 4.78 is 36.9. The molecule has 1 aromatic rings. The first kappa shape index (κ1) is 18.4. The van der Waals surface area contributed by atoms with E-state index in [0.717, 1.165) is 4.90 Å². The van der Waals surface area contributed by atoms with Crippen LogP contribution in [0.1, 0.15) is 33.6 Å². The number of nitrogens with zero attached hydrogens (tertiary/aromatic N) is 1. The van der Waals surface area contributed by atoms with Crippen LogP contribution in [0.15, 0.2) is 24.3 Å². The highest BCUT2D eigenvalue weighted by Crippen LogP contribution is 2.23. The SMILES string of the molecule is O=C(CCN1C(=O)c2ccccc2C1=O)NC(CC(F)(F)F)C(=O)O. The van der Waals surface area contributed by atoms with Crippen molar-refractivity contribution in [3.8, 4) is 0 Å². The van der Waals surface area contributed by atoms with Gasteiger partial charge in [-0.3, -0.25) is 19.3 Å². The zero-order valence-electron chi connectivity index (χ0n) is 12.7. The van der Waals surface area contributed by atoms with Crippen LogP contribution in [0.2, 0.25) is 0 Å². The molecule has 1 aliphatic rings. The lowest BCUT2D eigenvalue weighted by molar-refractivity contribution is -0.160. The molecule has 2 N–H and O–H groups in total. The van der Waals surface area contributed by atoms with Crippen molar-refractivity contribution in [1.82, 2.24) is 10.2 Å². The Morgan fingerprint density at radius 3 is 2.08 bits per heavy atom. The predicted molar refractivity (Wildman–Crippen MR) is 76.7 cm³/mol. The van der Waals surface area contributed by atoms with Gasteiger partial charge < -0.3 is 10.4 Å². The monoisotopic (exact) mass is 358 g/mol. The number of hydrogen-bond acceptors (Lipinski definition) is 4. The summed E-state index contributed by atoms with van der Waals surface area (Å²) in [6.45, 7) is -0.365. The Labute approximate surface area is 139 Å². The maximum Gasteiger partial charge on any atom is 0.391 e. The molecule has 0 spiro atoms. The Hall–Kier alpha value is -2.91. The molecule has 25 heavy (non-hydrogen) atoms. The molecule has 134 valence electrons. The molecule has 1 atom stereocenters. The lowest BCUT2D eigenvalue weighted by atomic mass is 10.1. The molecule has 0 saturated heterocycles. The molecule has 0 bridgehead atoms. The summed E-state index contributed by atoms with van der Waals surface area (Å²) in [5.41, 5.74) is 0.349. The van der Waals surface area contributed by atoms with Gasteiger partial charge in [-0.2, -0.15) is 13.2 Å². The first-order chi connectivity index (χ1) is 11.6. The van der Waals surface area contributed by atoms with Crippen LogP contribution < -0.4 is 5.32 Å². The minimum Gasteiger partial charge on any atom is -0.480 e. The van der Waals surface area contributed by atoms with Crippen molar-refractivity contribution in [2.45, 2.75) is 25.1 Å². The topological polar surface area (TPSA) is 104 Å². The molecule has 1 aromatic carbocycles. The summed E-state index contributed by atoms with van der Waals surface area (Å²) in [5.74, 6) is -4.06. The summed E-state index contributed by atoms with van der Waals surface area (Å²) in [5, 5.41) is 10.5. The number of alkyl halides is 3. The maximum absolute atomic E-state index is 12.3. The quantitative estimate of drug-likeness (QED) is 0.744. The van der Waals surface area contributed by atoms with Crippen molar-refractivity contribution < 1.29 is 37.5 Å². The van der Waals surface area contributed by atoms with Crippen molar-refractivity contribution in [2.24, 2.45) is 0 Å². The van der Waals surface area contributed by atoms with Gasteiger partial charge in [0.05, 0.1) is 17.5 Å². The van der Waals surface area contributed by atoms with Crippen molar-refractivity contribution in [3.05, 3.63) is 35.4 Å². The van der Waals surface area contributed by atoms with Gasteiger partial charge in [-0.1, -0.05) is 12.1 Å². The number of fused-ring (bicyclic) bond motifs is 1. The summed E-state index contributed by atoms with van der Waals surface area (Å²) in [7, 11) is 0. The van der Waals surface area contributed by atoms with E-state index < -0.39 is 48.8 Å². The second kappa shape index (κ2) is 6.91. The fourth-order valence-electron chi connectivity index (χ4n) is 2.35. The van der Waals surface area contributed by atoms with Crippen molar-refractivity contribution >= 4 is 23.7 Å². The first-order valence-electron chi connectivity index (χ1n) is 7.14. The van der Waals surface area contributed by atoms with Gasteiger partial charge in [-0.05, 0) is 12.1 Å². The van der Waals surface area contributed by atoms with E-state index in [2.05, 4.69) is 0 Å². The van der Waals surface area contributed by atoms with Crippen molar-refractivity contribution in [2.75, 3.05) is 6.54 Å². The van der Waals surface area contributed by atoms with Crippen LogP contribution in [-0.2, 0) is 9.59 Å². The normalized spacial score (nSPS) is 15.1. The number of carbonyl (C=O) groups excluding carboxylic acids is 3. The molecular weight excluding hydrogens is 345 g/mol. The van der Waals surface area contributed by atoms with Gasteiger partial charge in [0.25, 0.3) is 11.8 Å². The minimum absolute atomic E-state index is 0.174. The number of carboxylic acids is 1. The third kappa shape index (κ3) is 4.34. The number of amides is 3. The van der Waals surface area contributed by atoms with Gasteiger partial charge in [0.1, 0.15) is 6.04 Å².